The molecule has 1 heterocycles. The number of rotatable bonds is 4. The third kappa shape index (κ3) is 1.98. The molecule has 3 rings (SSSR count). The maximum absolute atomic E-state index is 4.41. The van der Waals surface area contributed by atoms with Crippen molar-refractivity contribution in [1.82, 2.24) is 15.1 Å². The number of nitrogens with zero attached hydrogens (tertiary/aromatic N) is 2. The first-order chi connectivity index (χ1) is 8.36. The SMILES string of the molecule is CNCc1cnn(CC2Cc3ccccc32)c1. The maximum atomic E-state index is 4.41. The smallest absolute Gasteiger partial charge is 0.0534 e. The molecule has 1 unspecified atom stereocenters. The lowest BCUT2D eigenvalue weighted by Crippen LogP contribution is -2.22. The Morgan fingerprint density at radius 1 is 1.41 bits per heavy atom. The van der Waals surface area contributed by atoms with Gasteiger partial charge in [-0.05, 0) is 24.6 Å². The molecule has 88 valence electrons. The van der Waals surface area contributed by atoms with Crippen molar-refractivity contribution in [3.63, 3.8) is 0 Å². The molecule has 0 saturated carbocycles. The lowest BCUT2D eigenvalue weighted by Gasteiger charge is -2.29. The quantitative estimate of drug-likeness (QED) is 0.865. The van der Waals surface area contributed by atoms with Gasteiger partial charge in [0.2, 0.25) is 0 Å². The van der Waals surface area contributed by atoms with E-state index in [0.717, 1.165) is 13.1 Å². The van der Waals surface area contributed by atoms with E-state index in [-0.39, 0.29) is 0 Å². The molecular formula is C14H17N3. The largest absolute Gasteiger partial charge is 0.316 e. The van der Waals surface area contributed by atoms with Crippen LogP contribution in [0, 0.1) is 0 Å². The average molecular weight is 227 g/mol. The van der Waals surface area contributed by atoms with Gasteiger partial charge >= 0.3 is 0 Å². The van der Waals surface area contributed by atoms with Crippen LogP contribution >= 0.6 is 0 Å². The van der Waals surface area contributed by atoms with Crippen LogP contribution in [-0.4, -0.2) is 16.8 Å². The molecule has 17 heavy (non-hydrogen) atoms. The van der Waals surface area contributed by atoms with Crippen molar-refractivity contribution in [3.8, 4) is 0 Å². The molecule has 0 bridgehead atoms. The highest BCUT2D eigenvalue weighted by atomic mass is 15.3. The van der Waals surface area contributed by atoms with Gasteiger partial charge in [0.05, 0.1) is 6.20 Å². The fourth-order valence-corrected chi connectivity index (χ4v) is 2.55. The number of hydrogen-bond acceptors (Lipinski definition) is 2. The molecule has 1 aromatic heterocycles. The van der Waals surface area contributed by atoms with Gasteiger partial charge < -0.3 is 5.32 Å². The van der Waals surface area contributed by atoms with Crippen molar-refractivity contribution in [2.75, 3.05) is 7.05 Å². The monoisotopic (exact) mass is 227 g/mol. The molecule has 0 amide bonds. The second-order valence-electron chi connectivity index (χ2n) is 4.70. The summed E-state index contributed by atoms with van der Waals surface area (Å²) >= 11 is 0. The van der Waals surface area contributed by atoms with Gasteiger partial charge in [-0.15, -0.1) is 0 Å². The minimum Gasteiger partial charge on any atom is -0.316 e. The summed E-state index contributed by atoms with van der Waals surface area (Å²) in [4.78, 5) is 0. The van der Waals surface area contributed by atoms with Crippen LogP contribution in [0.15, 0.2) is 36.7 Å². The van der Waals surface area contributed by atoms with Crippen molar-refractivity contribution in [3.05, 3.63) is 53.3 Å². The Morgan fingerprint density at radius 2 is 2.29 bits per heavy atom. The van der Waals surface area contributed by atoms with Crippen molar-refractivity contribution in [2.24, 2.45) is 0 Å². The van der Waals surface area contributed by atoms with Gasteiger partial charge in [-0.2, -0.15) is 5.10 Å². The minimum absolute atomic E-state index is 0.647. The van der Waals surface area contributed by atoms with Crippen molar-refractivity contribution >= 4 is 0 Å². The van der Waals surface area contributed by atoms with Gasteiger partial charge in [-0.3, -0.25) is 4.68 Å². The standard InChI is InChI=1S/C14H17N3/c1-15-7-11-8-16-17(9-11)10-13-6-12-4-2-3-5-14(12)13/h2-5,8-9,13,15H,6-7,10H2,1H3. The predicted octanol–water partition coefficient (Wildman–Crippen LogP) is 1.94. The lowest BCUT2D eigenvalue weighted by molar-refractivity contribution is 0.475. The van der Waals surface area contributed by atoms with Gasteiger partial charge in [0.15, 0.2) is 0 Å². The van der Waals surface area contributed by atoms with E-state index < -0.39 is 0 Å². The predicted molar refractivity (Wildman–Crippen MR) is 67.9 cm³/mol. The highest BCUT2D eigenvalue weighted by Crippen LogP contribution is 2.35. The van der Waals surface area contributed by atoms with E-state index in [1.165, 1.54) is 23.1 Å². The normalized spacial score (nSPS) is 17.6. The molecule has 2 aromatic rings. The van der Waals surface area contributed by atoms with E-state index in [0.29, 0.717) is 5.92 Å². The molecule has 0 spiro atoms. The molecule has 3 heteroatoms. The molecule has 0 radical (unpaired) electrons. The Morgan fingerprint density at radius 3 is 3.12 bits per heavy atom. The number of hydrogen-bond donors (Lipinski definition) is 1. The molecule has 3 nitrogen and oxygen atoms in total. The second kappa shape index (κ2) is 4.34. The van der Waals surface area contributed by atoms with E-state index in [1.807, 2.05) is 13.2 Å². The Balaban J connectivity index is 1.69. The lowest BCUT2D eigenvalue weighted by atomic mass is 9.78. The third-order valence-corrected chi connectivity index (χ3v) is 3.44. The second-order valence-corrected chi connectivity index (χ2v) is 4.70. The first-order valence-electron chi connectivity index (χ1n) is 6.10. The van der Waals surface area contributed by atoms with Crippen LogP contribution in [0.3, 0.4) is 0 Å². The van der Waals surface area contributed by atoms with Crippen molar-refractivity contribution < 1.29 is 0 Å². The fourth-order valence-electron chi connectivity index (χ4n) is 2.55. The van der Waals surface area contributed by atoms with Gasteiger partial charge in [-0.1, -0.05) is 24.3 Å². The summed E-state index contributed by atoms with van der Waals surface area (Å²) in [6.07, 6.45) is 5.27. The fraction of sp³-hybridized carbons (Fsp3) is 0.357. The van der Waals surface area contributed by atoms with E-state index in [9.17, 15) is 0 Å². The van der Waals surface area contributed by atoms with Gasteiger partial charge in [0, 0.05) is 30.8 Å². The zero-order valence-electron chi connectivity index (χ0n) is 10.1. The summed E-state index contributed by atoms with van der Waals surface area (Å²) in [5.41, 5.74) is 4.25. The molecule has 1 aromatic carbocycles. The number of nitrogens with one attached hydrogen (secondary N) is 1. The molecule has 1 aliphatic carbocycles. The number of aromatic nitrogens is 2. The van der Waals surface area contributed by atoms with Crippen LogP contribution in [0.5, 0.6) is 0 Å². The Kier molecular flexibility index (Phi) is 2.69. The summed E-state index contributed by atoms with van der Waals surface area (Å²) in [7, 11) is 1.96. The Bertz CT molecular complexity index is 516. The average Bonchev–Trinajstić information content (AvgIpc) is 2.74. The van der Waals surface area contributed by atoms with Crippen LogP contribution in [0.2, 0.25) is 0 Å². The highest BCUT2D eigenvalue weighted by Gasteiger charge is 2.25. The number of fused-ring (bicyclic) bond motifs is 1. The van der Waals surface area contributed by atoms with E-state index in [1.54, 1.807) is 0 Å². The van der Waals surface area contributed by atoms with Crippen LogP contribution in [-0.2, 0) is 19.5 Å². The Labute approximate surface area is 101 Å². The molecule has 1 aliphatic rings. The van der Waals surface area contributed by atoms with E-state index in [4.69, 9.17) is 0 Å². The van der Waals surface area contributed by atoms with E-state index >= 15 is 0 Å². The highest BCUT2D eigenvalue weighted by molar-refractivity contribution is 5.39. The first kappa shape index (κ1) is 10.5. The van der Waals surface area contributed by atoms with E-state index in [2.05, 4.69) is 45.6 Å². The summed E-state index contributed by atoms with van der Waals surface area (Å²) in [5.74, 6) is 0.647. The van der Waals surface area contributed by atoms with Gasteiger partial charge in [0.1, 0.15) is 0 Å². The topological polar surface area (TPSA) is 29.9 Å². The minimum atomic E-state index is 0.647. The van der Waals surface area contributed by atoms with Crippen LogP contribution in [0.25, 0.3) is 0 Å². The maximum Gasteiger partial charge on any atom is 0.0534 e. The molecule has 1 atom stereocenters. The summed E-state index contributed by atoms with van der Waals surface area (Å²) in [5, 5.41) is 7.55. The molecular weight excluding hydrogens is 210 g/mol. The summed E-state index contributed by atoms with van der Waals surface area (Å²) in [6.45, 7) is 1.89. The molecule has 0 fully saturated rings. The van der Waals surface area contributed by atoms with Crippen LogP contribution in [0.4, 0.5) is 0 Å². The number of benzene rings is 1. The molecule has 1 N–H and O–H groups in total. The zero-order chi connectivity index (χ0) is 11.7. The van der Waals surface area contributed by atoms with Crippen molar-refractivity contribution in [1.29, 1.82) is 0 Å². The third-order valence-electron chi connectivity index (χ3n) is 3.44. The summed E-state index contributed by atoms with van der Waals surface area (Å²) < 4.78 is 2.06. The van der Waals surface area contributed by atoms with Crippen LogP contribution < -0.4 is 5.32 Å². The Hall–Kier alpha value is -1.61. The molecule has 0 saturated heterocycles. The van der Waals surface area contributed by atoms with Crippen molar-refractivity contribution in [2.45, 2.75) is 25.4 Å². The van der Waals surface area contributed by atoms with Gasteiger partial charge in [-0.25, -0.2) is 0 Å². The zero-order valence-corrected chi connectivity index (χ0v) is 10.1. The molecule has 0 aliphatic heterocycles. The first-order valence-corrected chi connectivity index (χ1v) is 6.10. The van der Waals surface area contributed by atoms with Crippen LogP contribution in [0.1, 0.15) is 22.6 Å². The summed E-state index contributed by atoms with van der Waals surface area (Å²) in [6, 6.07) is 8.71. The van der Waals surface area contributed by atoms with Gasteiger partial charge in [0.25, 0.3) is 0 Å².